The average molecular weight is 211 g/mol. The van der Waals surface area contributed by atoms with Crippen LogP contribution >= 0.6 is 0 Å². The number of methoxy groups -OCH3 is 1. The lowest BCUT2D eigenvalue weighted by molar-refractivity contribution is 0.366. The van der Waals surface area contributed by atoms with Crippen molar-refractivity contribution in [3.05, 3.63) is 29.6 Å². The molecule has 0 radical (unpaired) electrons. The van der Waals surface area contributed by atoms with Crippen LogP contribution in [0.1, 0.15) is 19.4 Å². The highest BCUT2D eigenvalue weighted by Gasteiger charge is 2.19. The molecule has 2 nitrogen and oxygen atoms in total. The number of nitrogens with one attached hydrogen (secondary N) is 1. The predicted molar refractivity (Wildman–Crippen MR) is 59.8 cm³/mol. The molecule has 1 rings (SSSR count). The molecule has 0 heterocycles. The number of para-hydroxylation sites is 1. The molecular formula is C12H18FNO. The van der Waals surface area contributed by atoms with E-state index in [1.54, 1.807) is 6.07 Å². The fourth-order valence-corrected chi connectivity index (χ4v) is 1.49. The van der Waals surface area contributed by atoms with Crippen LogP contribution in [-0.4, -0.2) is 19.7 Å². The lowest BCUT2D eigenvalue weighted by atomic mass is 9.94. The molecule has 84 valence electrons. The van der Waals surface area contributed by atoms with Gasteiger partial charge in [0.1, 0.15) is 0 Å². The molecule has 0 spiro atoms. The topological polar surface area (TPSA) is 21.3 Å². The summed E-state index contributed by atoms with van der Waals surface area (Å²) in [6, 6.07) is 5.01. The van der Waals surface area contributed by atoms with Crippen LogP contribution in [0.2, 0.25) is 0 Å². The van der Waals surface area contributed by atoms with Crippen LogP contribution in [0, 0.1) is 5.82 Å². The number of benzene rings is 1. The first-order valence-corrected chi connectivity index (χ1v) is 5.00. The molecule has 0 aliphatic carbocycles. The van der Waals surface area contributed by atoms with Crippen molar-refractivity contribution in [2.75, 3.05) is 14.2 Å². The average Bonchev–Trinajstić information content (AvgIpc) is 2.18. The zero-order chi connectivity index (χ0) is 11.5. The number of hydrogen-bond donors (Lipinski definition) is 1. The Balaban J connectivity index is 2.99. The first kappa shape index (κ1) is 12.0. The van der Waals surface area contributed by atoms with E-state index in [-0.39, 0.29) is 11.4 Å². The summed E-state index contributed by atoms with van der Waals surface area (Å²) in [7, 11) is 3.39. The Kier molecular flexibility index (Phi) is 3.69. The van der Waals surface area contributed by atoms with Crippen LogP contribution in [0.5, 0.6) is 5.75 Å². The molecule has 0 saturated heterocycles. The maximum Gasteiger partial charge on any atom is 0.165 e. The molecule has 0 unspecified atom stereocenters. The Morgan fingerprint density at radius 1 is 1.40 bits per heavy atom. The molecule has 0 amide bonds. The van der Waals surface area contributed by atoms with E-state index in [9.17, 15) is 4.39 Å². The van der Waals surface area contributed by atoms with Gasteiger partial charge in [0.25, 0.3) is 0 Å². The van der Waals surface area contributed by atoms with Gasteiger partial charge in [-0.3, -0.25) is 0 Å². The molecule has 0 aliphatic rings. The summed E-state index contributed by atoms with van der Waals surface area (Å²) in [6.07, 6.45) is 0.727. The van der Waals surface area contributed by atoms with Crippen molar-refractivity contribution >= 4 is 0 Å². The van der Waals surface area contributed by atoms with Gasteiger partial charge in [-0.05, 0) is 38.9 Å². The minimum Gasteiger partial charge on any atom is -0.493 e. The monoisotopic (exact) mass is 211 g/mol. The maximum absolute atomic E-state index is 13.4. The summed E-state index contributed by atoms with van der Waals surface area (Å²) in [5.41, 5.74) is 0.818. The summed E-state index contributed by atoms with van der Waals surface area (Å²) in [6.45, 7) is 4.13. The van der Waals surface area contributed by atoms with Gasteiger partial charge in [-0.25, -0.2) is 4.39 Å². The van der Waals surface area contributed by atoms with Crippen molar-refractivity contribution < 1.29 is 9.13 Å². The third-order valence-corrected chi connectivity index (χ3v) is 2.56. The fraction of sp³-hybridized carbons (Fsp3) is 0.500. The van der Waals surface area contributed by atoms with Crippen molar-refractivity contribution in [1.29, 1.82) is 0 Å². The summed E-state index contributed by atoms with van der Waals surface area (Å²) in [5.74, 6) is 0.0442. The van der Waals surface area contributed by atoms with Gasteiger partial charge in [0.05, 0.1) is 7.11 Å². The van der Waals surface area contributed by atoms with Crippen LogP contribution < -0.4 is 10.1 Å². The largest absolute Gasteiger partial charge is 0.493 e. The maximum atomic E-state index is 13.4. The Morgan fingerprint density at radius 2 is 2.07 bits per heavy atom. The van der Waals surface area contributed by atoms with Crippen LogP contribution in [0.25, 0.3) is 0 Å². The van der Waals surface area contributed by atoms with Crippen molar-refractivity contribution in [2.24, 2.45) is 0 Å². The van der Waals surface area contributed by atoms with Gasteiger partial charge in [0.15, 0.2) is 11.6 Å². The molecule has 1 N–H and O–H groups in total. The Labute approximate surface area is 90.4 Å². The first-order valence-electron chi connectivity index (χ1n) is 5.00. The van der Waals surface area contributed by atoms with Gasteiger partial charge in [-0.2, -0.15) is 0 Å². The molecule has 3 heteroatoms. The SMILES string of the molecule is CNC(C)(C)Cc1cccc(F)c1OC. The Hall–Kier alpha value is -1.09. The summed E-state index contributed by atoms with van der Waals surface area (Å²) < 4.78 is 18.4. The van der Waals surface area contributed by atoms with E-state index in [2.05, 4.69) is 19.2 Å². The Bertz CT molecular complexity index is 336. The second kappa shape index (κ2) is 4.62. The third-order valence-electron chi connectivity index (χ3n) is 2.56. The highest BCUT2D eigenvalue weighted by molar-refractivity contribution is 5.36. The van der Waals surface area contributed by atoms with Crippen molar-refractivity contribution in [2.45, 2.75) is 25.8 Å². The Morgan fingerprint density at radius 3 is 2.60 bits per heavy atom. The van der Waals surface area contributed by atoms with Gasteiger partial charge in [0, 0.05) is 5.54 Å². The summed E-state index contributed by atoms with van der Waals surface area (Å²) in [4.78, 5) is 0. The fourth-order valence-electron chi connectivity index (χ4n) is 1.49. The normalized spacial score (nSPS) is 11.5. The predicted octanol–water partition coefficient (Wildman–Crippen LogP) is 2.37. The highest BCUT2D eigenvalue weighted by atomic mass is 19.1. The molecule has 0 aliphatic heterocycles. The molecular weight excluding hydrogens is 193 g/mol. The van der Waals surface area contributed by atoms with E-state index in [4.69, 9.17) is 4.74 Å². The van der Waals surface area contributed by atoms with Gasteiger partial charge in [0.2, 0.25) is 0 Å². The van der Waals surface area contributed by atoms with Gasteiger partial charge in [-0.1, -0.05) is 12.1 Å². The zero-order valence-electron chi connectivity index (χ0n) is 9.73. The van der Waals surface area contributed by atoms with Crippen molar-refractivity contribution in [3.8, 4) is 5.75 Å². The van der Waals surface area contributed by atoms with Crippen LogP contribution in [-0.2, 0) is 6.42 Å². The minimum atomic E-state index is -0.304. The second-order valence-corrected chi connectivity index (χ2v) is 4.24. The minimum absolute atomic E-state index is 0.0684. The third kappa shape index (κ3) is 2.93. The van der Waals surface area contributed by atoms with Gasteiger partial charge >= 0.3 is 0 Å². The zero-order valence-corrected chi connectivity index (χ0v) is 9.73. The molecule has 0 aromatic heterocycles. The number of halogens is 1. The first-order chi connectivity index (χ1) is 7.00. The lowest BCUT2D eigenvalue weighted by Gasteiger charge is -2.25. The molecule has 0 bridgehead atoms. The van der Waals surface area contributed by atoms with Crippen LogP contribution in [0.3, 0.4) is 0 Å². The van der Waals surface area contributed by atoms with Crippen molar-refractivity contribution in [3.63, 3.8) is 0 Å². The van der Waals surface area contributed by atoms with E-state index >= 15 is 0 Å². The molecule has 0 saturated carbocycles. The highest BCUT2D eigenvalue weighted by Crippen LogP contribution is 2.25. The molecule has 15 heavy (non-hydrogen) atoms. The van der Waals surface area contributed by atoms with Crippen molar-refractivity contribution in [1.82, 2.24) is 5.32 Å². The summed E-state index contributed by atoms with van der Waals surface area (Å²) >= 11 is 0. The molecule has 1 aromatic rings. The van der Waals surface area contributed by atoms with E-state index in [0.29, 0.717) is 5.75 Å². The smallest absolute Gasteiger partial charge is 0.165 e. The van der Waals surface area contributed by atoms with Gasteiger partial charge < -0.3 is 10.1 Å². The lowest BCUT2D eigenvalue weighted by Crippen LogP contribution is -2.38. The molecule has 0 fully saturated rings. The van der Waals surface area contributed by atoms with Crippen LogP contribution in [0.15, 0.2) is 18.2 Å². The van der Waals surface area contributed by atoms with Crippen LogP contribution in [0.4, 0.5) is 4.39 Å². The standard InChI is InChI=1S/C12H18FNO/c1-12(2,14-3)8-9-6-5-7-10(13)11(9)15-4/h5-7,14H,8H2,1-4H3. The number of ether oxygens (including phenoxy) is 1. The summed E-state index contributed by atoms with van der Waals surface area (Å²) in [5, 5.41) is 3.18. The van der Waals surface area contributed by atoms with E-state index in [1.165, 1.54) is 13.2 Å². The number of likely N-dealkylation sites (N-methyl/N-ethyl adjacent to an activating group) is 1. The van der Waals surface area contributed by atoms with Gasteiger partial charge in [-0.15, -0.1) is 0 Å². The number of rotatable bonds is 4. The molecule has 0 atom stereocenters. The molecule has 1 aromatic carbocycles. The van der Waals surface area contributed by atoms with E-state index < -0.39 is 0 Å². The second-order valence-electron chi connectivity index (χ2n) is 4.24. The quantitative estimate of drug-likeness (QED) is 0.825. The van der Waals surface area contributed by atoms with E-state index in [0.717, 1.165) is 12.0 Å². The number of hydrogen-bond acceptors (Lipinski definition) is 2. The van der Waals surface area contributed by atoms with E-state index in [1.807, 2.05) is 13.1 Å².